The number of esters is 1. The molecule has 0 fully saturated rings. The first-order chi connectivity index (χ1) is 10.7. The third kappa shape index (κ3) is 2.74. The zero-order valence-corrected chi connectivity index (χ0v) is 12.5. The molecule has 0 saturated heterocycles. The minimum absolute atomic E-state index is 0.00771. The monoisotopic (exact) mass is 342 g/mol. The maximum absolute atomic E-state index is 12.7. The molecule has 2 aromatic carbocycles. The lowest BCUT2D eigenvalue weighted by Crippen LogP contribution is -2.29. The molecule has 3 nitrogen and oxygen atoms in total. The summed E-state index contributed by atoms with van der Waals surface area (Å²) in [5.41, 5.74) is -0.0529. The number of hydrogen-bond acceptors (Lipinski definition) is 3. The molecule has 0 amide bonds. The molecule has 0 saturated carbocycles. The number of carbonyl (C=O) groups is 1. The van der Waals surface area contributed by atoms with Crippen molar-refractivity contribution < 1.29 is 27.4 Å². The van der Waals surface area contributed by atoms with Crippen LogP contribution in [0.4, 0.5) is 13.2 Å². The second-order valence-electron chi connectivity index (χ2n) is 5.13. The van der Waals surface area contributed by atoms with Gasteiger partial charge < -0.3 is 9.47 Å². The minimum Gasteiger partial charge on any atom is -0.447 e. The Kier molecular flexibility index (Phi) is 3.52. The third-order valence-corrected chi connectivity index (χ3v) is 3.78. The van der Waals surface area contributed by atoms with E-state index in [0.717, 1.165) is 18.2 Å². The molecular formula is C16H10ClF3O3. The van der Waals surface area contributed by atoms with Crippen molar-refractivity contribution >= 4 is 17.6 Å². The van der Waals surface area contributed by atoms with Crippen LogP contribution in [0.25, 0.3) is 0 Å². The Hall–Kier alpha value is -2.21. The minimum atomic E-state index is -4.50. The van der Waals surface area contributed by atoms with Crippen LogP contribution in [0.2, 0.25) is 5.02 Å². The Balaban J connectivity index is 1.96. The number of benzene rings is 2. The lowest BCUT2D eigenvalue weighted by Gasteiger charge is -2.26. The fourth-order valence-electron chi connectivity index (χ4n) is 2.39. The van der Waals surface area contributed by atoms with Crippen molar-refractivity contribution in [2.75, 3.05) is 0 Å². The van der Waals surface area contributed by atoms with E-state index in [-0.39, 0.29) is 10.8 Å². The molecule has 1 atom stereocenters. The van der Waals surface area contributed by atoms with Gasteiger partial charge in [0.15, 0.2) is 0 Å². The van der Waals surface area contributed by atoms with E-state index in [1.165, 1.54) is 6.92 Å². The second kappa shape index (κ2) is 5.16. The highest BCUT2D eigenvalue weighted by Crippen LogP contribution is 2.41. The third-order valence-electron chi connectivity index (χ3n) is 3.49. The maximum atomic E-state index is 12.7. The molecule has 1 aliphatic heterocycles. The Morgan fingerprint density at radius 3 is 2.52 bits per heavy atom. The molecule has 3 rings (SSSR count). The summed E-state index contributed by atoms with van der Waals surface area (Å²) in [4.78, 5) is 11.9. The lowest BCUT2D eigenvalue weighted by molar-refractivity contribution is -0.137. The Bertz CT molecular complexity index is 788. The number of halogens is 4. The van der Waals surface area contributed by atoms with Crippen LogP contribution in [0, 0.1) is 0 Å². The van der Waals surface area contributed by atoms with Crippen molar-refractivity contribution in [3.63, 3.8) is 0 Å². The summed E-state index contributed by atoms with van der Waals surface area (Å²) in [6.07, 6.45) is -4.50. The van der Waals surface area contributed by atoms with E-state index < -0.39 is 23.5 Å². The van der Waals surface area contributed by atoms with Crippen molar-refractivity contribution in [3.05, 3.63) is 64.2 Å². The van der Waals surface area contributed by atoms with E-state index >= 15 is 0 Å². The molecule has 0 aliphatic carbocycles. The van der Waals surface area contributed by atoms with Crippen LogP contribution in [0.3, 0.4) is 0 Å². The zero-order valence-electron chi connectivity index (χ0n) is 11.8. The molecule has 7 heteroatoms. The molecule has 1 aliphatic rings. The zero-order chi connectivity index (χ0) is 16.8. The van der Waals surface area contributed by atoms with Gasteiger partial charge in [-0.15, -0.1) is 0 Å². The number of alkyl halides is 3. The van der Waals surface area contributed by atoms with Gasteiger partial charge in [0.1, 0.15) is 5.75 Å². The molecule has 1 unspecified atom stereocenters. The molecule has 120 valence electrons. The van der Waals surface area contributed by atoms with Crippen molar-refractivity contribution in [1.82, 2.24) is 0 Å². The van der Waals surface area contributed by atoms with Gasteiger partial charge >= 0.3 is 12.1 Å². The van der Waals surface area contributed by atoms with E-state index in [4.69, 9.17) is 21.1 Å². The normalized spacial score (nSPS) is 20.1. The first-order valence-corrected chi connectivity index (χ1v) is 6.97. The Morgan fingerprint density at radius 1 is 1.17 bits per heavy atom. The molecule has 0 bridgehead atoms. The van der Waals surface area contributed by atoms with Gasteiger partial charge in [-0.25, -0.2) is 4.79 Å². The largest absolute Gasteiger partial charge is 0.447 e. The smallest absolute Gasteiger partial charge is 0.416 e. The van der Waals surface area contributed by atoms with Crippen LogP contribution in [0.5, 0.6) is 5.75 Å². The molecule has 23 heavy (non-hydrogen) atoms. The van der Waals surface area contributed by atoms with Gasteiger partial charge in [0, 0.05) is 6.92 Å². The van der Waals surface area contributed by atoms with Gasteiger partial charge in [-0.3, -0.25) is 0 Å². The number of cyclic esters (lactones) is 1. The summed E-state index contributed by atoms with van der Waals surface area (Å²) in [5.74, 6) is -2.02. The van der Waals surface area contributed by atoms with E-state index in [1.807, 2.05) is 0 Å². The van der Waals surface area contributed by atoms with Crippen LogP contribution in [-0.4, -0.2) is 5.97 Å². The first kappa shape index (κ1) is 15.7. The quantitative estimate of drug-likeness (QED) is 0.737. The summed E-state index contributed by atoms with van der Waals surface area (Å²) in [6.45, 7) is 1.50. The van der Waals surface area contributed by atoms with Crippen LogP contribution >= 0.6 is 11.6 Å². The summed E-state index contributed by atoms with van der Waals surface area (Å²) in [6, 6.07) is 9.34. The molecule has 2 aromatic rings. The van der Waals surface area contributed by atoms with Crippen molar-refractivity contribution in [2.24, 2.45) is 0 Å². The topological polar surface area (TPSA) is 35.5 Å². The molecule has 0 radical (unpaired) electrons. The van der Waals surface area contributed by atoms with Crippen molar-refractivity contribution in [1.29, 1.82) is 0 Å². The van der Waals surface area contributed by atoms with Crippen LogP contribution in [0.1, 0.15) is 28.4 Å². The number of carbonyl (C=O) groups excluding carboxylic acids is 1. The van der Waals surface area contributed by atoms with Gasteiger partial charge in [0.05, 0.1) is 21.7 Å². The number of hydrogen-bond donors (Lipinski definition) is 0. The maximum Gasteiger partial charge on any atom is 0.416 e. The fraction of sp³-hybridized carbons (Fsp3) is 0.188. The van der Waals surface area contributed by atoms with Crippen LogP contribution in [0.15, 0.2) is 42.5 Å². The molecule has 1 heterocycles. The summed E-state index contributed by atoms with van der Waals surface area (Å²) in [7, 11) is 0. The van der Waals surface area contributed by atoms with E-state index in [2.05, 4.69) is 0 Å². The second-order valence-corrected chi connectivity index (χ2v) is 5.53. The fourth-order valence-corrected chi connectivity index (χ4v) is 2.61. The average Bonchev–Trinajstić information content (AvgIpc) is 2.72. The first-order valence-electron chi connectivity index (χ1n) is 6.59. The Labute approximate surface area is 134 Å². The highest BCUT2D eigenvalue weighted by molar-refractivity contribution is 6.32. The van der Waals surface area contributed by atoms with Gasteiger partial charge in [0.2, 0.25) is 0 Å². The van der Waals surface area contributed by atoms with E-state index in [0.29, 0.717) is 11.1 Å². The molecule has 0 N–H and O–H groups in total. The number of rotatable bonds is 2. The molecule has 0 spiro atoms. The van der Waals surface area contributed by atoms with Crippen LogP contribution < -0.4 is 4.74 Å². The predicted octanol–water partition coefficient (Wildman–Crippen LogP) is 4.78. The van der Waals surface area contributed by atoms with Gasteiger partial charge in [-0.1, -0.05) is 29.8 Å². The van der Waals surface area contributed by atoms with Crippen LogP contribution in [-0.2, 0) is 16.7 Å². The molecular weight excluding hydrogens is 333 g/mol. The molecule has 0 aromatic heterocycles. The number of ether oxygens (including phenoxy) is 2. The number of fused-ring (bicyclic) bond motifs is 1. The van der Waals surface area contributed by atoms with Crippen molar-refractivity contribution in [2.45, 2.75) is 18.9 Å². The highest BCUT2D eigenvalue weighted by Gasteiger charge is 2.44. The van der Waals surface area contributed by atoms with Crippen molar-refractivity contribution in [3.8, 4) is 5.75 Å². The summed E-state index contributed by atoms with van der Waals surface area (Å²) >= 11 is 5.87. The van der Waals surface area contributed by atoms with Gasteiger partial charge in [0.25, 0.3) is 5.79 Å². The average molecular weight is 343 g/mol. The summed E-state index contributed by atoms with van der Waals surface area (Å²) in [5, 5.41) is -0.221. The SMILES string of the molecule is CC1(Oc2ccc(C(F)(F)F)cc2Cl)OC(=O)c2ccccc21. The summed E-state index contributed by atoms with van der Waals surface area (Å²) < 4.78 is 48.8. The van der Waals surface area contributed by atoms with Gasteiger partial charge in [-0.05, 0) is 24.3 Å². The predicted molar refractivity (Wildman–Crippen MR) is 76.3 cm³/mol. The van der Waals surface area contributed by atoms with E-state index in [1.54, 1.807) is 24.3 Å². The lowest BCUT2D eigenvalue weighted by atomic mass is 10.0. The van der Waals surface area contributed by atoms with Gasteiger partial charge in [-0.2, -0.15) is 13.2 Å². The van der Waals surface area contributed by atoms with E-state index in [9.17, 15) is 18.0 Å². The highest BCUT2D eigenvalue weighted by atomic mass is 35.5. The Morgan fingerprint density at radius 2 is 1.87 bits per heavy atom. The standard InChI is InChI=1S/C16H10ClF3O3/c1-15(11-5-3-2-4-10(11)14(21)23-15)22-13-7-6-9(8-12(13)17)16(18,19)20/h2-8H,1H3.